The van der Waals surface area contributed by atoms with Crippen molar-refractivity contribution in [2.75, 3.05) is 26.2 Å². The third kappa shape index (κ3) is 5.43. The first-order valence-corrected chi connectivity index (χ1v) is 7.70. The molecule has 0 aliphatic carbocycles. The van der Waals surface area contributed by atoms with Crippen molar-refractivity contribution in [3.8, 4) is 0 Å². The lowest BCUT2D eigenvalue weighted by Gasteiger charge is -2.29. The SMILES string of the molecule is O=C(COC1CNC1)N1CCCC1c1ncc[nH]1.O=C(O)C(F)(F)F. The lowest BCUT2D eigenvalue weighted by molar-refractivity contribution is -0.192. The van der Waals surface area contributed by atoms with Crippen LogP contribution in [0.15, 0.2) is 12.4 Å². The van der Waals surface area contributed by atoms with Crippen LogP contribution in [-0.4, -0.2) is 70.4 Å². The van der Waals surface area contributed by atoms with Gasteiger partial charge in [0, 0.05) is 32.0 Å². The fourth-order valence-corrected chi connectivity index (χ4v) is 2.46. The third-order valence-electron chi connectivity index (χ3n) is 3.84. The summed E-state index contributed by atoms with van der Waals surface area (Å²) in [5, 5.41) is 10.2. The number of ether oxygens (including phenoxy) is 1. The zero-order valence-corrected chi connectivity index (χ0v) is 13.3. The number of carboxylic acid groups (broad SMARTS) is 1. The predicted octanol–water partition coefficient (Wildman–Crippen LogP) is 0.695. The average Bonchev–Trinajstić information content (AvgIpc) is 3.16. The van der Waals surface area contributed by atoms with Gasteiger partial charge in [0.15, 0.2) is 0 Å². The number of hydrogen-bond acceptors (Lipinski definition) is 5. The number of hydrogen-bond donors (Lipinski definition) is 3. The minimum atomic E-state index is -5.08. The first kappa shape index (κ1) is 19.2. The standard InChI is InChI=1S/C12H18N4O2.C2HF3O2/c17-11(8-18-9-6-13-7-9)16-5-1-2-10(16)12-14-3-4-15-12;3-2(4,5)1(6)7/h3-4,9-10,13H,1-2,5-8H2,(H,14,15);(H,6,7). The van der Waals surface area contributed by atoms with Crippen LogP contribution in [0.3, 0.4) is 0 Å². The summed E-state index contributed by atoms with van der Waals surface area (Å²) < 4.78 is 37.3. The van der Waals surface area contributed by atoms with Gasteiger partial charge in [0.1, 0.15) is 12.4 Å². The molecule has 3 heterocycles. The molecule has 2 aliphatic heterocycles. The molecule has 0 bridgehead atoms. The number of aliphatic carboxylic acids is 1. The second-order valence-corrected chi connectivity index (χ2v) is 5.61. The number of alkyl halides is 3. The Morgan fingerprint density at radius 2 is 2.08 bits per heavy atom. The Morgan fingerprint density at radius 3 is 2.56 bits per heavy atom. The van der Waals surface area contributed by atoms with Crippen LogP contribution in [0.2, 0.25) is 0 Å². The number of nitrogens with one attached hydrogen (secondary N) is 2. The zero-order chi connectivity index (χ0) is 18.4. The van der Waals surface area contributed by atoms with E-state index < -0.39 is 12.1 Å². The smallest absolute Gasteiger partial charge is 0.475 e. The second-order valence-electron chi connectivity index (χ2n) is 5.61. The number of carboxylic acids is 1. The van der Waals surface area contributed by atoms with Gasteiger partial charge >= 0.3 is 12.1 Å². The molecule has 8 nitrogen and oxygen atoms in total. The third-order valence-corrected chi connectivity index (χ3v) is 3.84. The highest BCUT2D eigenvalue weighted by Crippen LogP contribution is 2.29. The molecule has 11 heteroatoms. The van der Waals surface area contributed by atoms with E-state index in [2.05, 4.69) is 15.3 Å². The van der Waals surface area contributed by atoms with Crippen molar-refractivity contribution in [1.29, 1.82) is 0 Å². The number of carbonyl (C=O) groups excluding carboxylic acids is 1. The number of carbonyl (C=O) groups is 2. The van der Waals surface area contributed by atoms with Crippen molar-refractivity contribution in [3.05, 3.63) is 18.2 Å². The number of aromatic nitrogens is 2. The first-order chi connectivity index (χ1) is 11.8. The maximum atomic E-state index is 12.1. The van der Waals surface area contributed by atoms with Gasteiger partial charge in [0.05, 0.1) is 12.1 Å². The largest absolute Gasteiger partial charge is 0.490 e. The number of amides is 1. The molecule has 1 amide bonds. The molecule has 3 N–H and O–H groups in total. The number of rotatable bonds is 4. The molecule has 0 aromatic carbocycles. The molecular formula is C14H19F3N4O4. The van der Waals surface area contributed by atoms with E-state index >= 15 is 0 Å². The van der Waals surface area contributed by atoms with Crippen LogP contribution in [-0.2, 0) is 14.3 Å². The number of imidazole rings is 1. The molecule has 1 aromatic heterocycles. The Balaban J connectivity index is 0.000000277. The highest BCUT2D eigenvalue weighted by molar-refractivity contribution is 5.78. The van der Waals surface area contributed by atoms with Crippen LogP contribution < -0.4 is 5.32 Å². The van der Waals surface area contributed by atoms with E-state index in [1.54, 1.807) is 12.4 Å². The molecule has 2 aliphatic rings. The number of nitrogens with zero attached hydrogens (tertiary/aromatic N) is 2. The highest BCUT2D eigenvalue weighted by Gasteiger charge is 2.38. The molecule has 2 fully saturated rings. The Labute approximate surface area is 141 Å². The lowest BCUT2D eigenvalue weighted by atomic mass is 10.2. The molecule has 0 radical (unpaired) electrons. The number of halogens is 3. The molecule has 3 rings (SSSR count). The van der Waals surface area contributed by atoms with Crippen molar-refractivity contribution < 1.29 is 32.6 Å². The monoisotopic (exact) mass is 364 g/mol. The van der Waals surface area contributed by atoms with Gasteiger partial charge in [-0.25, -0.2) is 9.78 Å². The second kappa shape index (κ2) is 8.30. The van der Waals surface area contributed by atoms with Gasteiger partial charge < -0.3 is 25.0 Å². The highest BCUT2D eigenvalue weighted by atomic mass is 19.4. The van der Waals surface area contributed by atoms with Gasteiger partial charge in [-0.15, -0.1) is 0 Å². The van der Waals surface area contributed by atoms with Gasteiger partial charge in [0.2, 0.25) is 5.91 Å². The van der Waals surface area contributed by atoms with Crippen molar-refractivity contribution in [1.82, 2.24) is 20.2 Å². The van der Waals surface area contributed by atoms with Crippen LogP contribution in [0.1, 0.15) is 24.7 Å². The minimum Gasteiger partial charge on any atom is -0.475 e. The van der Waals surface area contributed by atoms with Gasteiger partial charge in [-0.1, -0.05) is 0 Å². The molecule has 1 aromatic rings. The zero-order valence-electron chi connectivity index (χ0n) is 13.3. The normalized spacial score (nSPS) is 20.6. The van der Waals surface area contributed by atoms with Crippen LogP contribution in [0, 0.1) is 0 Å². The van der Waals surface area contributed by atoms with Crippen molar-refractivity contribution in [2.45, 2.75) is 31.2 Å². The van der Waals surface area contributed by atoms with E-state index in [1.165, 1.54) is 0 Å². The fraction of sp³-hybridized carbons (Fsp3) is 0.643. The average molecular weight is 364 g/mol. The van der Waals surface area contributed by atoms with Gasteiger partial charge in [0.25, 0.3) is 0 Å². The van der Waals surface area contributed by atoms with Crippen LogP contribution in [0.4, 0.5) is 13.2 Å². The predicted molar refractivity (Wildman–Crippen MR) is 78.6 cm³/mol. The van der Waals surface area contributed by atoms with Gasteiger partial charge in [-0.3, -0.25) is 4.79 Å². The molecule has 0 saturated carbocycles. The molecular weight excluding hydrogens is 345 g/mol. The van der Waals surface area contributed by atoms with Crippen molar-refractivity contribution >= 4 is 11.9 Å². The van der Waals surface area contributed by atoms with Gasteiger partial charge in [-0.05, 0) is 12.8 Å². The fourth-order valence-electron chi connectivity index (χ4n) is 2.46. The summed E-state index contributed by atoms with van der Waals surface area (Å²) in [6.45, 7) is 2.70. The molecule has 1 unspecified atom stereocenters. The van der Waals surface area contributed by atoms with E-state index in [0.717, 1.165) is 38.3 Å². The van der Waals surface area contributed by atoms with E-state index in [1.807, 2.05) is 4.90 Å². The number of H-pyrrole nitrogens is 1. The van der Waals surface area contributed by atoms with Crippen LogP contribution in [0.5, 0.6) is 0 Å². The number of aromatic amines is 1. The Hall–Kier alpha value is -2.14. The Morgan fingerprint density at radius 1 is 1.40 bits per heavy atom. The summed E-state index contributed by atoms with van der Waals surface area (Å²) in [5.74, 6) is -1.81. The Bertz CT molecular complexity index is 575. The quantitative estimate of drug-likeness (QED) is 0.726. The molecule has 1 atom stereocenters. The molecule has 0 spiro atoms. The van der Waals surface area contributed by atoms with E-state index in [-0.39, 0.29) is 24.7 Å². The maximum absolute atomic E-state index is 12.1. The van der Waals surface area contributed by atoms with E-state index in [0.29, 0.717) is 0 Å². The van der Waals surface area contributed by atoms with Crippen LogP contribution in [0.25, 0.3) is 0 Å². The Kier molecular flexibility index (Phi) is 6.37. The first-order valence-electron chi connectivity index (χ1n) is 7.70. The summed E-state index contributed by atoms with van der Waals surface area (Å²) in [5.41, 5.74) is 0. The van der Waals surface area contributed by atoms with Crippen LogP contribution >= 0.6 is 0 Å². The summed E-state index contributed by atoms with van der Waals surface area (Å²) in [4.78, 5) is 30.3. The summed E-state index contributed by atoms with van der Waals surface area (Å²) in [7, 11) is 0. The van der Waals surface area contributed by atoms with Crippen molar-refractivity contribution in [2.24, 2.45) is 0 Å². The minimum absolute atomic E-state index is 0.0702. The summed E-state index contributed by atoms with van der Waals surface area (Å²) in [6.07, 6.45) is 0.657. The van der Waals surface area contributed by atoms with Gasteiger partial charge in [-0.2, -0.15) is 13.2 Å². The molecule has 2 saturated heterocycles. The van der Waals surface area contributed by atoms with Crippen molar-refractivity contribution in [3.63, 3.8) is 0 Å². The number of likely N-dealkylation sites (tertiary alicyclic amines) is 1. The molecule has 140 valence electrons. The summed E-state index contributed by atoms with van der Waals surface area (Å²) >= 11 is 0. The lowest BCUT2D eigenvalue weighted by Crippen LogP contribution is -2.49. The molecule has 25 heavy (non-hydrogen) atoms. The topological polar surface area (TPSA) is 108 Å². The maximum Gasteiger partial charge on any atom is 0.490 e. The van der Waals surface area contributed by atoms with E-state index in [4.69, 9.17) is 14.6 Å². The summed E-state index contributed by atoms with van der Waals surface area (Å²) in [6, 6.07) is 0.0932. The van der Waals surface area contributed by atoms with E-state index in [9.17, 15) is 18.0 Å².